The lowest BCUT2D eigenvalue weighted by molar-refractivity contribution is -0.121. The third kappa shape index (κ3) is 4.04. The van der Waals surface area contributed by atoms with Gasteiger partial charge in [-0.05, 0) is 43.2 Å². The molecular formula is C20H19N3O2. The number of rotatable bonds is 3. The molecule has 2 aromatic rings. The van der Waals surface area contributed by atoms with Crippen LogP contribution in [0.5, 0.6) is 0 Å². The van der Waals surface area contributed by atoms with Crippen molar-refractivity contribution in [2.75, 3.05) is 18.4 Å². The van der Waals surface area contributed by atoms with Crippen LogP contribution in [0.2, 0.25) is 0 Å². The molecule has 0 atom stereocenters. The van der Waals surface area contributed by atoms with E-state index in [4.69, 9.17) is 5.26 Å². The molecule has 0 unspecified atom stereocenters. The Morgan fingerprint density at radius 2 is 1.76 bits per heavy atom. The Bertz CT molecular complexity index is 803. The lowest BCUT2D eigenvalue weighted by Gasteiger charge is -2.31. The fourth-order valence-electron chi connectivity index (χ4n) is 3.02. The summed E-state index contributed by atoms with van der Waals surface area (Å²) in [6, 6.07) is 18.1. The van der Waals surface area contributed by atoms with Gasteiger partial charge in [0.1, 0.15) is 0 Å². The number of nitriles is 1. The van der Waals surface area contributed by atoms with Crippen molar-refractivity contribution in [1.82, 2.24) is 4.90 Å². The van der Waals surface area contributed by atoms with Crippen LogP contribution in [0, 0.1) is 17.2 Å². The first-order valence-corrected chi connectivity index (χ1v) is 8.33. The van der Waals surface area contributed by atoms with Gasteiger partial charge >= 0.3 is 0 Å². The number of piperidine rings is 1. The maximum atomic E-state index is 12.4. The molecule has 0 spiro atoms. The minimum Gasteiger partial charge on any atom is -0.339 e. The zero-order valence-corrected chi connectivity index (χ0v) is 13.8. The van der Waals surface area contributed by atoms with E-state index in [2.05, 4.69) is 11.4 Å². The molecule has 1 heterocycles. The van der Waals surface area contributed by atoms with Crippen LogP contribution in [0.3, 0.4) is 0 Å². The Hall–Kier alpha value is -3.13. The van der Waals surface area contributed by atoms with Gasteiger partial charge in [-0.25, -0.2) is 0 Å². The quantitative estimate of drug-likeness (QED) is 0.938. The van der Waals surface area contributed by atoms with E-state index in [0.29, 0.717) is 42.7 Å². The number of hydrogen-bond acceptors (Lipinski definition) is 3. The van der Waals surface area contributed by atoms with Gasteiger partial charge < -0.3 is 10.2 Å². The molecular weight excluding hydrogens is 314 g/mol. The third-order valence-corrected chi connectivity index (χ3v) is 4.43. The summed E-state index contributed by atoms with van der Waals surface area (Å²) in [5, 5.41) is 11.8. The van der Waals surface area contributed by atoms with E-state index < -0.39 is 0 Å². The summed E-state index contributed by atoms with van der Waals surface area (Å²) in [5.41, 5.74) is 1.83. The average molecular weight is 333 g/mol. The first kappa shape index (κ1) is 16.7. The molecule has 0 bridgehead atoms. The summed E-state index contributed by atoms with van der Waals surface area (Å²) in [6.07, 6.45) is 1.28. The van der Waals surface area contributed by atoms with Crippen molar-refractivity contribution in [2.45, 2.75) is 12.8 Å². The molecule has 1 aliphatic rings. The van der Waals surface area contributed by atoms with E-state index in [-0.39, 0.29) is 17.7 Å². The normalized spacial score (nSPS) is 14.6. The predicted octanol–water partition coefficient (Wildman–Crippen LogP) is 3.05. The Labute approximate surface area is 146 Å². The first-order chi connectivity index (χ1) is 12.2. The average Bonchev–Trinajstić information content (AvgIpc) is 2.68. The number of nitrogens with one attached hydrogen (secondary N) is 1. The summed E-state index contributed by atoms with van der Waals surface area (Å²) in [6.45, 7) is 1.15. The molecule has 2 amide bonds. The fourth-order valence-corrected chi connectivity index (χ4v) is 3.02. The number of hydrogen-bond donors (Lipinski definition) is 1. The molecule has 1 fully saturated rings. The summed E-state index contributed by atoms with van der Waals surface area (Å²) in [4.78, 5) is 26.6. The molecule has 0 aromatic heterocycles. The highest BCUT2D eigenvalue weighted by molar-refractivity contribution is 5.95. The number of benzene rings is 2. The third-order valence-electron chi connectivity index (χ3n) is 4.43. The van der Waals surface area contributed by atoms with Crippen molar-refractivity contribution < 1.29 is 9.59 Å². The van der Waals surface area contributed by atoms with Gasteiger partial charge in [-0.3, -0.25) is 9.59 Å². The summed E-state index contributed by atoms with van der Waals surface area (Å²) < 4.78 is 0. The number of likely N-dealkylation sites (tertiary alicyclic amines) is 1. The number of carbonyl (C=O) groups is 2. The van der Waals surface area contributed by atoms with Crippen molar-refractivity contribution in [1.29, 1.82) is 5.26 Å². The van der Waals surface area contributed by atoms with Crippen LogP contribution in [0.4, 0.5) is 5.69 Å². The molecule has 0 radical (unpaired) electrons. The standard InChI is InChI=1S/C20H19N3O2/c21-14-15-5-4-8-18(13-15)22-19(24)16-9-11-23(12-10-16)20(25)17-6-2-1-3-7-17/h1-8,13,16H,9-12H2,(H,22,24). The van der Waals surface area contributed by atoms with Crippen LogP contribution in [-0.2, 0) is 4.79 Å². The van der Waals surface area contributed by atoms with Crippen molar-refractivity contribution >= 4 is 17.5 Å². The monoisotopic (exact) mass is 333 g/mol. The van der Waals surface area contributed by atoms with Gasteiger partial charge in [0.15, 0.2) is 0 Å². The SMILES string of the molecule is N#Cc1cccc(NC(=O)C2CCN(C(=O)c3ccccc3)CC2)c1. The highest BCUT2D eigenvalue weighted by atomic mass is 16.2. The van der Waals surface area contributed by atoms with Gasteiger partial charge in [0.2, 0.25) is 5.91 Å². The molecule has 5 nitrogen and oxygen atoms in total. The molecule has 25 heavy (non-hydrogen) atoms. The highest BCUT2D eigenvalue weighted by Gasteiger charge is 2.27. The Morgan fingerprint density at radius 1 is 1.04 bits per heavy atom. The van der Waals surface area contributed by atoms with Crippen molar-refractivity contribution in [3.05, 3.63) is 65.7 Å². The maximum Gasteiger partial charge on any atom is 0.253 e. The molecule has 5 heteroatoms. The minimum absolute atomic E-state index is 0.0150. The number of carbonyl (C=O) groups excluding carboxylic acids is 2. The van der Waals surface area contributed by atoms with Gasteiger partial charge in [-0.1, -0.05) is 24.3 Å². The van der Waals surface area contributed by atoms with Gasteiger partial charge in [0, 0.05) is 30.3 Å². The summed E-state index contributed by atoms with van der Waals surface area (Å²) in [5.74, 6) is -0.159. The van der Waals surface area contributed by atoms with Crippen molar-refractivity contribution in [3.8, 4) is 6.07 Å². The van der Waals surface area contributed by atoms with Gasteiger partial charge in [0.05, 0.1) is 11.6 Å². The second kappa shape index (κ2) is 7.63. The zero-order chi connectivity index (χ0) is 17.6. The summed E-state index contributed by atoms with van der Waals surface area (Å²) in [7, 11) is 0. The zero-order valence-electron chi connectivity index (χ0n) is 13.8. The molecule has 126 valence electrons. The van der Waals surface area contributed by atoms with Crippen molar-refractivity contribution in [2.24, 2.45) is 5.92 Å². The first-order valence-electron chi connectivity index (χ1n) is 8.33. The number of amides is 2. The van der Waals surface area contributed by atoms with Crippen LogP contribution < -0.4 is 5.32 Å². The van der Waals surface area contributed by atoms with E-state index in [9.17, 15) is 9.59 Å². The van der Waals surface area contributed by atoms with Crippen molar-refractivity contribution in [3.63, 3.8) is 0 Å². The fraction of sp³-hybridized carbons (Fsp3) is 0.250. The van der Waals surface area contributed by atoms with E-state index in [1.165, 1.54) is 0 Å². The second-order valence-electron chi connectivity index (χ2n) is 6.11. The maximum absolute atomic E-state index is 12.4. The second-order valence-corrected chi connectivity index (χ2v) is 6.11. The molecule has 0 saturated carbocycles. The number of anilines is 1. The Morgan fingerprint density at radius 3 is 2.44 bits per heavy atom. The van der Waals surface area contributed by atoms with E-state index in [0.717, 1.165) is 0 Å². The predicted molar refractivity (Wildman–Crippen MR) is 94.9 cm³/mol. The van der Waals surface area contributed by atoms with E-state index in [1.54, 1.807) is 29.2 Å². The molecule has 1 N–H and O–H groups in total. The number of nitrogens with zero attached hydrogens (tertiary/aromatic N) is 2. The molecule has 0 aliphatic carbocycles. The lowest BCUT2D eigenvalue weighted by atomic mass is 9.95. The van der Waals surface area contributed by atoms with E-state index >= 15 is 0 Å². The van der Waals surface area contributed by atoms with Crippen LogP contribution in [0.25, 0.3) is 0 Å². The largest absolute Gasteiger partial charge is 0.339 e. The topological polar surface area (TPSA) is 73.2 Å². The molecule has 1 saturated heterocycles. The van der Waals surface area contributed by atoms with Crippen LogP contribution in [0.15, 0.2) is 54.6 Å². The van der Waals surface area contributed by atoms with E-state index in [1.807, 2.05) is 30.3 Å². The van der Waals surface area contributed by atoms with Gasteiger partial charge in [-0.2, -0.15) is 5.26 Å². The lowest BCUT2D eigenvalue weighted by Crippen LogP contribution is -2.41. The Balaban J connectivity index is 1.56. The van der Waals surface area contributed by atoms with Crippen LogP contribution in [0.1, 0.15) is 28.8 Å². The van der Waals surface area contributed by atoms with Gasteiger partial charge in [0.25, 0.3) is 5.91 Å². The van der Waals surface area contributed by atoms with Crippen LogP contribution in [-0.4, -0.2) is 29.8 Å². The molecule has 3 rings (SSSR count). The summed E-state index contributed by atoms with van der Waals surface area (Å²) >= 11 is 0. The van der Waals surface area contributed by atoms with Gasteiger partial charge in [-0.15, -0.1) is 0 Å². The van der Waals surface area contributed by atoms with Crippen LogP contribution >= 0.6 is 0 Å². The smallest absolute Gasteiger partial charge is 0.253 e. The molecule has 2 aromatic carbocycles. The Kier molecular flexibility index (Phi) is 5.10. The highest BCUT2D eigenvalue weighted by Crippen LogP contribution is 2.21. The molecule has 1 aliphatic heterocycles. The minimum atomic E-state index is -0.120.